The van der Waals surface area contributed by atoms with Crippen molar-refractivity contribution in [2.24, 2.45) is 0 Å². The Morgan fingerprint density at radius 1 is 1.37 bits per heavy atom. The van der Waals surface area contributed by atoms with Crippen molar-refractivity contribution in [3.05, 3.63) is 23.3 Å². The maximum atomic E-state index is 11.7. The van der Waals surface area contributed by atoms with Gasteiger partial charge in [-0.2, -0.15) is 4.98 Å². The third-order valence-electron chi connectivity index (χ3n) is 2.45. The second kappa shape index (κ2) is 5.01. The average molecular weight is 263 g/mol. The Labute approximate surface area is 108 Å². The maximum absolute atomic E-state index is 11.7. The van der Waals surface area contributed by atoms with Crippen LogP contribution in [0, 0.1) is 13.8 Å². The summed E-state index contributed by atoms with van der Waals surface area (Å²) in [5.41, 5.74) is 1.61. The Bertz CT molecular complexity index is 649. The van der Waals surface area contributed by atoms with Crippen molar-refractivity contribution in [2.75, 3.05) is 6.54 Å². The van der Waals surface area contributed by atoms with Gasteiger partial charge in [0.05, 0.1) is 6.42 Å². The van der Waals surface area contributed by atoms with E-state index in [1.165, 1.54) is 4.52 Å². The molecule has 2 aromatic heterocycles. The number of fused-ring (bicyclic) bond motifs is 1. The van der Waals surface area contributed by atoms with Crippen molar-refractivity contribution in [3.63, 3.8) is 0 Å². The van der Waals surface area contributed by atoms with Crippen molar-refractivity contribution in [2.45, 2.75) is 20.3 Å². The lowest BCUT2D eigenvalue weighted by molar-refractivity contribution is -0.136. The second-order valence-corrected chi connectivity index (χ2v) is 4.09. The summed E-state index contributed by atoms with van der Waals surface area (Å²) in [6, 6.07) is 1.83. The van der Waals surface area contributed by atoms with E-state index in [2.05, 4.69) is 20.4 Å². The quantitative estimate of drug-likeness (QED) is 0.800. The number of carboxylic acids is 1. The lowest BCUT2D eigenvalue weighted by Crippen LogP contribution is -2.27. The van der Waals surface area contributed by atoms with Gasteiger partial charge in [-0.3, -0.25) is 9.59 Å². The fraction of sp³-hybridized carbons (Fsp3) is 0.364. The van der Waals surface area contributed by atoms with Gasteiger partial charge in [0.1, 0.15) is 0 Å². The number of carbonyl (C=O) groups excluding carboxylic acids is 1. The van der Waals surface area contributed by atoms with Crippen molar-refractivity contribution < 1.29 is 14.7 Å². The van der Waals surface area contributed by atoms with Crippen LogP contribution in [0.4, 0.5) is 0 Å². The van der Waals surface area contributed by atoms with Gasteiger partial charge < -0.3 is 10.4 Å². The highest BCUT2D eigenvalue weighted by Crippen LogP contribution is 2.05. The van der Waals surface area contributed by atoms with E-state index in [4.69, 9.17) is 5.11 Å². The molecule has 0 saturated carbocycles. The number of hydrogen-bond acceptors (Lipinski definition) is 5. The SMILES string of the molecule is Cc1cc(C)n2nc(C(=O)NCCC(=O)O)nc2n1. The van der Waals surface area contributed by atoms with Crippen molar-refractivity contribution in [1.82, 2.24) is 24.9 Å². The van der Waals surface area contributed by atoms with Crippen LogP contribution in [0.25, 0.3) is 5.78 Å². The molecular formula is C11H13N5O3. The van der Waals surface area contributed by atoms with Crippen LogP contribution in [0.1, 0.15) is 28.4 Å². The molecule has 100 valence electrons. The van der Waals surface area contributed by atoms with Crippen molar-refractivity contribution in [3.8, 4) is 0 Å². The number of carbonyl (C=O) groups is 2. The summed E-state index contributed by atoms with van der Waals surface area (Å²) in [6.45, 7) is 3.70. The molecule has 19 heavy (non-hydrogen) atoms. The van der Waals surface area contributed by atoms with Gasteiger partial charge in [0.15, 0.2) is 0 Å². The lowest BCUT2D eigenvalue weighted by Gasteiger charge is -1.98. The second-order valence-electron chi connectivity index (χ2n) is 4.09. The molecule has 0 spiro atoms. The first-order chi connectivity index (χ1) is 8.97. The van der Waals surface area contributed by atoms with Gasteiger partial charge in [0.2, 0.25) is 5.82 Å². The molecule has 0 aromatic carbocycles. The predicted molar refractivity (Wildman–Crippen MR) is 64.8 cm³/mol. The van der Waals surface area contributed by atoms with Crippen LogP contribution in [-0.4, -0.2) is 43.1 Å². The normalized spacial score (nSPS) is 10.6. The number of carboxylic acid groups (broad SMARTS) is 1. The third-order valence-corrected chi connectivity index (χ3v) is 2.45. The van der Waals surface area contributed by atoms with E-state index < -0.39 is 11.9 Å². The van der Waals surface area contributed by atoms with Crippen LogP contribution in [0.2, 0.25) is 0 Å². The first-order valence-corrected chi connectivity index (χ1v) is 5.68. The molecular weight excluding hydrogens is 250 g/mol. The van der Waals surface area contributed by atoms with Crippen LogP contribution < -0.4 is 5.32 Å². The van der Waals surface area contributed by atoms with Crippen molar-refractivity contribution in [1.29, 1.82) is 0 Å². The number of hydrogen-bond donors (Lipinski definition) is 2. The number of aromatic nitrogens is 4. The first kappa shape index (κ1) is 12.9. The molecule has 0 atom stereocenters. The highest BCUT2D eigenvalue weighted by Gasteiger charge is 2.14. The zero-order chi connectivity index (χ0) is 14.0. The Hall–Kier alpha value is -2.51. The molecule has 0 fully saturated rings. The van der Waals surface area contributed by atoms with E-state index in [0.29, 0.717) is 5.78 Å². The van der Waals surface area contributed by atoms with Gasteiger partial charge in [-0.05, 0) is 19.9 Å². The minimum absolute atomic E-state index is 0.0217. The van der Waals surface area contributed by atoms with Gasteiger partial charge in [0, 0.05) is 17.9 Å². The van der Waals surface area contributed by atoms with E-state index in [0.717, 1.165) is 11.4 Å². The summed E-state index contributed by atoms with van der Waals surface area (Å²) in [4.78, 5) is 30.2. The van der Waals surface area contributed by atoms with Crippen LogP contribution in [-0.2, 0) is 4.79 Å². The summed E-state index contributed by atoms with van der Waals surface area (Å²) in [5.74, 6) is -1.16. The summed E-state index contributed by atoms with van der Waals surface area (Å²) in [6.07, 6.45) is -0.143. The number of nitrogens with zero attached hydrogens (tertiary/aromatic N) is 4. The number of aryl methyl sites for hydroxylation is 2. The molecule has 2 aromatic rings. The minimum atomic E-state index is -0.976. The standard InChI is InChI=1S/C11H13N5O3/c1-6-5-7(2)16-11(13-6)14-9(15-16)10(19)12-4-3-8(17)18/h5H,3-4H2,1-2H3,(H,12,19)(H,17,18). The molecule has 0 aliphatic rings. The Morgan fingerprint density at radius 3 is 2.79 bits per heavy atom. The van der Waals surface area contributed by atoms with E-state index in [1.54, 1.807) is 0 Å². The first-order valence-electron chi connectivity index (χ1n) is 5.68. The van der Waals surface area contributed by atoms with E-state index in [9.17, 15) is 9.59 Å². The fourth-order valence-corrected chi connectivity index (χ4v) is 1.62. The summed E-state index contributed by atoms with van der Waals surface area (Å²) >= 11 is 0. The molecule has 8 nitrogen and oxygen atoms in total. The number of nitrogens with one attached hydrogen (secondary N) is 1. The fourth-order valence-electron chi connectivity index (χ4n) is 1.62. The van der Waals surface area contributed by atoms with Gasteiger partial charge in [0.25, 0.3) is 11.7 Å². The molecule has 8 heteroatoms. The molecule has 0 radical (unpaired) electrons. The van der Waals surface area contributed by atoms with Gasteiger partial charge in [-0.1, -0.05) is 0 Å². The molecule has 2 N–H and O–H groups in total. The van der Waals surface area contributed by atoms with Gasteiger partial charge >= 0.3 is 5.97 Å². The highest BCUT2D eigenvalue weighted by atomic mass is 16.4. The molecule has 0 saturated heterocycles. The monoisotopic (exact) mass is 263 g/mol. The summed E-state index contributed by atoms with van der Waals surface area (Å²) in [7, 11) is 0. The van der Waals surface area contributed by atoms with Crippen LogP contribution in [0.5, 0.6) is 0 Å². The Morgan fingerprint density at radius 2 is 2.11 bits per heavy atom. The zero-order valence-corrected chi connectivity index (χ0v) is 10.5. The summed E-state index contributed by atoms with van der Waals surface area (Å²) in [5, 5.41) is 15.0. The molecule has 0 aliphatic heterocycles. The smallest absolute Gasteiger partial charge is 0.305 e. The van der Waals surface area contributed by atoms with Gasteiger partial charge in [-0.25, -0.2) is 9.50 Å². The van der Waals surface area contributed by atoms with Crippen LogP contribution in [0.15, 0.2) is 6.07 Å². The topological polar surface area (TPSA) is 109 Å². The predicted octanol–water partition coefficient (Wildman–Crippen LogP) is -0.0544. The third kappa shape index (κ3) is 2.84. The molecule has 2 heterocycles. The number of rotatable bonds is 4. The van der Waals surface area contributed by atoms with E-state index >= 15 is 0 Å². The van der Waals surface area contributed by atoms with E-state index in [-0.39, 0.29) is 18.8 Å². The Balaban J connectivity index is 2.19. The maximum Gasteiger partial charge on any atom is 0.305 e. The molecule has 1 amide bonds. The van der Waals surface area contributed by atoms with Crippen molar-refractivity contribution >= 4 is 17.7 Å². The molecule has 2 rings (SSSR count). The lowest BCUT2D eigenvalue weighted by atomic mass is 10.4. The number of amides is 1. The van der Waals surface area contributed by atoms with Crippen LogP contribution in [0.3, 0.4) is 0 Å². The highest BCUT2D eigenvalue weighted by molar-refractivity contribution is 5.91. The van der Waals surface area contributed by atoms with Crippen LogP contribution >= 0.6 is 0 Å². The number of aliphatic carboxylic acids is 1. The molecule has 0 bridgehead atoms. The van der Waals surface area contributed by atoms with E-state index in [1.807, 2.05) is 19.9 Å². The molecule has 0 aliphatic carbocycles. The largest absolute Gasteiger partial charge is 0.481 e. The Kier molecular flexibility index (Phi) is 3.41. The molecule has 0 unspecified atom stereocenters. The zero-order valence-electron chi connectivity index (χ0n) is 10.5. The minimum Gasteiger partial charge on any atom is -0.481 e. The average Bonchev–Trinajstić information content (AvgIpc) is 2.72. The van der Waals surface area contributed by atoms with Gasteiger partial charge in [-0.15, -0.1) is 5.10 Å². The summed E-state index contributed by atoms with van der Waals surface area (Å²) < 4.78 is 1.47.